The SMILES string of the molecule is CCc1ccc(/C(C=S)=C/c2ccc(O)cc2OC)c(CC)c1. The second-order valence-corrected chi connectivity index (χ2v) is 5.58. The van der Waals surface area contributed by atoms with E-state index in [0.29, 0.717) is 5.75 Å². The van der Waals surface area contributed by atoms with E-state index >= 15 is 0 Å². The van der Waals surface area contributed by atoms with Crippen molar-refractivity contribution in [1.82, 2.24) is 0 Å². The van der Waals surface area contributed by atoms with Crippen molar-refractivity contribution in [2.24, 2.45) is 0 Å². The molecule has 0 aliphatic rings. The predicted molar refractivity (Wildman–Crippen MR) is 101 cm³/mol. The van der Waals surface area contributed by atoms with Crippen molar-refractivity contribution < 1.29 is 9.84 Å². The first-order valence-corrected chi connectivity index (χ1v) is 8.26. The van der Waals surface area contributed by atoms with Crippen LogP contribution in [0.3, 0.4) is 0 Å². The number of ether oxygens (including phenoxy) is 1. The molecule has 0 radical (unpaired) electrons. The molecule has 0 atom stereocenters. The van der Waals surface area contributed by atoms with E-state index in [2.05, 4.69) is 32.0 Å². The summed E-state index contributed by atoms with van der Waals surface area (Å²) in [5.74, 6) is 0.812. The Balaban J connectivity index is 2.54. The number of rotatable bonds is 6. The Hall–Kier alpha value is -2.13. The first-order chi connectivity index (χ1) is 11.1. The normalized spacial score (nSPS) is 11.3. The highest BCUT2D eigenvalue weighted by atomic mass is 32.1. The molecule has 0 aliphatic heterocycles. The van der Waals surface area contributed by atoms with E-state index in [9.17, 15) is 5.11 Å². The van der Waals surface area contributed by atoms with E-state index in [-0.39, 0.29) is 5.75 Å². The van der Waals surface area contributed by atoms with E-state index in [1.165, 1.54) is 11.1 Å². The van der Waals surface area contributed by atoms with Gasteiger partial charge in [-0.05, 0) is 53.3 Å². The maximum Gasteiger partial charge on any atom is 0.129 e. The minimum atomic E-state index is 0.185. The zero-order valence-electron chi connectivity index (χ0n) is 13.8. The van der Waals surface area contributed by atoms with E-state index in [4.69, 9.17) is 17.0 Å². The Kier molecular flexibility index (Phi) is 5.94. The van der Waals surface area contributed by atoms with Crippen LogP contribution in [0, 0.1) is 0 Å². The van der Waals surface area contributed by atoms with Crippen LogP contribution in [0.25, 0.3) is 11.6 Å². The first-order valence-electron chi connectivity index (χ1n) is 7.79. The summed E-state index contributed by atoms with van der Waals surface area (Å²) >= 11 is 5.25. The van der Waals surface area contributed by atoms with Crippen molar-refractivity contribution in [2.75, 3.05) is 7.11 Å². The van der Waals surface area contributed by atoms with Crippen molar-refractivity contribution in [3.05, 3.63) is 58.7 Å². The molecule has 3 heteroatoms. The van der Waals surface area contributed by atoms with Crippen LogP contribution in [0.15, 0.2) is 36.4 Å². The Morgan fingerprint density at radius 3 is 2.52 bits per heavy atom. The van der Waals surface area contributed by atoms with Gasteiger partial charge in [0.05, 0.1) is 7.11 Å². The molecular weight excluding hydrogens is 304 g/mol. The van der Waals surface area contributed by atoms with Gasteiger partial charge in [0.15, 0.2) is 0 Å². The average molecular weight is 326 g/mol. The van der Waals surface area contributed by atoms with Gasteiger partial charge in [-0.15, -0.1) is 0 Å². The largest absolute Gasteiger partial charge is 0.508 e. The molecule has 0 fully saturated rings. The van der Waals surface area contributed by atoms with Gasteiger partial charge in [-0.1, -0.05) is 44.3 Å². The van der Waals surface area contributed by atoms with Crippen LogP contribution in [0.5, 0.6) is 11.5 Å². The molecule has 0 saturated carbocycles. The molecule has 0 aromatic heterocycles. The third-order valence-electron chi connectivity index (χ3n) is 3.92. The highest BCUT2D eigenvalue weighted by molar-refractivity contribution is 7.79. The lowest BCUT2D eigenvalue weighted by Crippen LogP contribution is -1.96. The van der Waals surface area contributed by atoms with Gasteiger partial charge in [-0.2, -0.15) is 0 Å². The number of phenolic OH excluding ortho intramolecular Hbond substituents is 1. The fourth-order valence-electron chi connectivity index (χ4n) is 2.60. The number of aromatic hydroxyl groups is 1. The summed E-state index contributed by atoms with van der Waals surface area (Å²) in [7, 11) is 1.59. The van der Waals surface area contributed by atoms with Crippen molar-refractivity contribution in [1.29, 1.82) is 0 Å². The van der Waals surface area contributed by atoms with Crippen molar-refractivity contribution in [3.63, 3.8) is 0 Å². The summed E-state index contributed by atoms with van der Waals surface area (Å²) in [6.45, 7) is 4.31. The summed E-state index contributed by atoms with van der Waals surface area (Å²) in [5.41, 5.74) is 5.63. The number of phenols is 1. The summed E-state index contributed by atoms with van der Waals surface area (Å²) in [6, 6.07) is 11.6. The number of aryl methyl sites for hydroxylation is 2. The fraction of sp³-hybridized carbons (Fsp3) is 0.250. The molecule has 23 heavy (non-hydrogen) atoms. The predicted octanol–water partition coefficient (Wildman–Crippen LogP) is 5.07. The summed E-state index contributed by atoms with van der Waals surface area (Å²) in [4.78, 5) is 0. The second-order valence-electron chi connectivity index (χ2n) is 5.34. The minimum absolute atomic E-state index is 0.185. The Bertz CT molecular complexity index is 732. The van der Waals surface area contributed by atoms with Crippen LogP contribution in [0.2, 0.25) is 0 Å². The van der Waals surface area contributed by atoms with Crippen molar-refractivity contribution in [3.8, 4) is 11.5 Å². The van der Waals surface area contributed by atoms with Crippen LogP contribution >= 0.6 is 12.2 Å². The molecule has 0 unspecified atom stereocenters. The molecule has 0 aliphatic carbocycles. The first kappa shape index (κ1) is 17.2. The minimum Gasteiger partial charge on any atom is -0.508 e. The maximum absolute atomic E-state index is 9.59. The van der Waals surface area contributed by atoms with Crippen LogP contribution in [0.1, 0.15) is 36.1 Å². The van der Waals surface area contributed by atoms with Crippen molar-refractivity contribution in [2.45, 2.75) is 26.7 Å². The molecule has 1 N–H and O–H groups in total. The highest BCUT2D eigenvalue weighted by Gasteiger charge is 2.08. The van der Waals surface area contributed by atoms with E-state index in [1.54, 1.807) is 24.6 Å². The number of allylic oxidation sites excluding steroid dienone is 1. The van der Waals surface area contributed by atoms with Crippen LogP contribution in [0.4, 0.5) is 0 Å². The van der Waals surface area contributed by atoms with Gasteiger partial charge in [0.2, 0.25) is 0 Å². The maximum atomic E-state index is 9.59. The number of hydrogen-bond acceptors (Lipinski definition) is 3. The van der Waals surface area contributed by atoms with E-state index in [1.807, 2.05) is 12.1 Å². The number of hydrogen-bond donors (Lipinski definition) is 1. The molecule has 0 saturated heterocycles. The lowest BCUT2D eigenvalue weighted by atomic mass is 9.94. The molecule has 2 aromatic carbocycles. The molecule has 0 heterocycles. The standard InChI is InChI=1S/C20H22O2S/c1-4-14-6-9-19(15(5-2)10-14)17(13-23)11-16-7-8-18(21)12-20(16)22-3/h6-13,21H,4-5H2,1-3H3/b17-11+. The van der Waals surface area contributed by atoms with Gasteiger partial charge in [0.1, 0.15) is 11.5 Å². The third kappa shape index (κ3) is 3.99. The number of methoxy groups -OCH3 is 1. The second kappa shape index (κ2) is 7.93. The molecule has 2 aromatic rings. The van der Waals surface area contributed by atoms with Crippen LogP contribution < -0.4 is 4.74 Å². The molecule has 0 bridgehead atoms. The van der Waals surface area contributed by atoms with Gasteiger partial charge >= 0.3 is 0 Å². The van der Waals surface area contributed by atoms with Crippen LogP contribution in [-0.2, 0) is 12.8 Å². The van der Waals surface area contributed by atoms with Gasteiger partial charge in [-0.3, -0.25) is 0 Å². The fourth-order valence-corrected chi connectivity index (χ4v) is 2.80. The Morgan fingerprint density at radius 2 is 1.91 bits per heavy atom. The molecule has 2 nitrogen and oxygen atoms in total. The van der Waals surface area contributed by atoms with Crippen molar-refractivity contribution >= 4 is 29.2 Å². The Morgan fingerprint density at radius 1 is 1.13 bits per heavy atom. The third-order valence-corrected chi connectivity index (χ3v) is 4.18. The zero-order valence-corrected chi connectivity index (χ0v) is 14.6. The van der Waals surface area contributed by atoms with Gasteiger partial charge in [0, 0.05) is 17.0 Å². The lowest BCUT2D eigenvalue weighted by molar-refractivity contribution is 0.407. The highest BCUT2D eigenvalue weighted by Crippen LogP contribution is 2.29. The van der Waals surface area contributed by atoms with E-state index in [0.717, 1.165) is 29.5 Å². The summed E-state index contributed by atoms with van der Waals surface area (Å²) in [6.07, 6.45) is 3.98. The molecule has 0 amide bonds. The van der Waals surface area contributed by atoms with Gasteiger partial charge < -0.3 is 9.84 Å². The summed E-state index contributed by atoms with van der Waals surface area (Å²) in [5, 5.41) is 11.3. The average Bonchev–Trinajstić information content (AvgIpc) is 2.60. The van der Waals surface area contributed by atoms with Crippen LogP contribution in [-0.4, -0.2) is 17.6 Å². The number of thiocarbonyl (C=S) groups is 1. The Labute approximate surface area is 143 Å². The monoisotopic (exact) mass is 326 g/mol. The van der Waals surface area contributed by atoms with E-state index < -0.39 is 0 Å². The van der Waals surface area contributed by atoms with Gasteiger partial charge in [-0.25, -0.2) is 0 Å². The molecule has 2 rings (SSSR count). The zero-order chi connectivity index (χ0) is 16.8. The topological polar surface area (TPSA) is 29.5 Å². The molecule has 120 valence electrons. The van der Waals surface area contributed by atoms with Gasteiger partial charge in [0.25, 0.3) is 0 Å². The molecule has 0 spiro atoms. The summed E-state index contributed by atoms with van der Waals surface area (Å²) < 4.78 is 5.35. The lowest BCUT2D eigenvalue weighted by Gasteiger charge is -2.12. The number of benzene rings is 2. The quantitative estimate of drug-likeness (QED) is 0.457. The smallest absolute Gasteiger partial charge is 0.129 e. The molecular formula is C20H22O2S.